The highest BCUT2D eigenvalue weighted by Crippen LogP contribution is 2.33. The highest BCUT2D eigenvalue weighted by Gasteiger charge is 2.22. The highest BCUT2D eigenvalue weighted by molar-refractivity contribution is 6.41. The summed E-state index contributed by atoms with van der Waals surface area (Å²) < 4.78 is 11.6. The number of nitro groups is 1. The number of nitrogens with zero attached hydrogens (tertiary/aromatic N) is 3. The lowest BCUT2D eigenvalue weighted by molar-refractivity contribution is -0.385. The number of fused-ring (bicyclic) bond motifs is 1. The van der Waals surface area contributed by atoms with Gasteiger partial charge >= 0.3 is 0 Å². The molecule has 3 rings (SSSR count). The molecule has 1 aromatic heterocycles. The number of benzene rings is 1. The van der Waals surface area contributed by atoms with Crippen LogP contribution in [0.4, 0.5) is 5.69 Å². The Hall–Kier alpha value is -2.16. The summed E-state index contributed by atoms with van der Waals surface area (Å²) in [5.41, 5.74) is 0.256. The molecule has 23 heavy (non-hydrogen) atoms. The van der Waals surface area contributed by atoms with Crippen LogP contribution in [0.1, 0.15) is 11.1 Å². The molecule has 1 aliphatic rings. The highest BCUT2D eigenvalue weighted by atomic mass is 35.5. The standard InChI is InChI=1S/C13H9Cl2N3O5/c14-10-3-16-17(13(19)11(10)15)4-7-1-9(18(20)21)2-8-5-22-6-23-12(7)8/h1-3H,4-6H2. The van der Waals surface area contributed by atoms with E-state index in [1.807, 2.05) is 0 Å². The fourth-order valence-corrected chi connectivity index (χ4v) is 2.49. The number of ether oxygens (including phenoxy) is 2. The molecule has 1 aliphatic heterocycles. The Balaban J connectivity index is 2.09. The zero-order chi connectivity index (χ0) is 16.6. The van der Waals surface area contributed by atoms with Gasteiger partial charge in [0.1, 0.15) is 10.8 Å². The van der Waals surface area contributed by atoms with Crippen LogP contribution in [0.2, 0.25) is 10.0 Å². The predicted octanol–water partition coefficient (Wildman–Crippen LogP) is 2.37. The average Bonchev–Trinajstić information content (AvgIpc) is 2.55. The van der Waals surface area contributed by atoms with Gasteiger partial charge in [-0.05, 0) is 0 Å². The van der Waals surface area contributed by atoms with E-state index in [0.717, 1.165) is 4.68 Å². The minimum absolute atomic E-state index is 0.0293. The Labute approximate surface area is 139 Å². The number of hydrogen-bond donors (Lipinski definition) is 0. The van der Waals surface area contributed by atoms with E-state index in [2.05, 4.69) is 5.10 Å². The summed E-state index contributed by atoms with van der Waals surface area (Å²) >= 11 is 11.5. The summed E-state index contributed by atoms with van der Waals surface area (Å²) in [5.74, 6) is 0.446. The van der Waals surface area contributed by atoms with E-state index in [1.165, 1.54) is 18.3 Å². The SMILES string of the molecule is O=c1c(Cl)c(Cl)cnn1Cc1cc([N+](=O)[O-])cc2c1OCOC2. The Kier molecular flexibility index (Phi) is 4.20. The quantitative estimate of drug-likeness (QED) is 0.617. The molecule has 0 radical (unpaired) electrons. The van der Waals surface area contributed by atoms with Gasteiger partial charge in [0.05, 0.1) is 29.3 Å². The Bertz CT molecular complexity index is 852. The lowest BCUT2D eigenvalue weighted by Crippen LogP contribution is -2.25. The molecule has 0 bridgehead atoms. The van der Waals surface area contributed by atoms with Gasteiger partial charge in [0, 0.05) is 23.3 Å². The minimum Gasteiger partial charge on any atom is -0.467 e. The van der Waals surface area contributed by atoms with Gasteiger partial charge in [0.15, 0.2) is 6.79 Å². The molecular formula is C13H9Cl2N3O5. The molecule has 0 atom stereocenters. The Morgan fingerprint density at radius 1 is 1.39 bits per heavy atom. The molecule has 0 amide bonds. The lowest BCUT2D eigenvalue weighted by Gasteiger charge is -2.20. The van der Waals surface area contributed by atoms with Crippen molar-refractivity contribution in [2.75, 3.05) is 6.79 Å². The summed E-state index contributed by atoms with van der Waals surface area (Å²) in [5, 5.41) is 14.8. The molecule has 0 unspecified atom stereocenters. The first-order valence-electron chi connectivity index (χ1n) is 6.39. The first-order chi connectivity index (χ1) is 11.0. The molecule has 2 aromatic rings. The summed E-state index contributed by atoms with van der Waals surface area (Å²) in [7, 11) is 0. The van der Waals surface area contributed by atoms with E-state index in [0.29, 0.717) is 16.9 Å². The maximum atomic E-state index is 12.1. The second-order valence-electron chi connectivity index (χ2n) is 4.73. The lowest BCUT2D eigenvalue weighted by atomic mass is 10.1. The zero-order valence-corrected chi connectivity index (χ0v) is 13.0. The van der Waals surface area contributed by atoms with Crippen LogP contribution in [0.15, 0.2) is 23.1 Å². The van der Waals surface area contributed by atoms with Crippen molar-refractivity contribution in [3.05, 3.63) is 60.0 Å². The second kappa shape index (κ2) is 6.15. The van der Waals surface area contributed by atoms with Crippen LogP contribution in [0.5, 0.6) is 5.75 Å². The van der Waals surface area contributed by atoms with Gasteiger partial charge in [0.2, 0.25) is 0 Å². The van der Waals surface area contributed by atoms with Crippen LogP contribution in [-0.2, 0) is 17.9 Å². The maximum Gasteiger partial charge on any atom is 0.287 e. The van der Waals surface area contributed by atoms with Crippen LogP contribution in [0.3, 0.4) is 0 Å². The fourth-order valence-electron chi connectivity index (χ4n) is 2.22. The topological polar surface area (TPSA) is 96.5 Å². The number of non-ortho nitro benzene ring substituents is 1. The van der Waals surface area contributed by atoms with Crippen molar-refractivity contribution in [1.29, 1.82) is 0 Å². The smallest absolute Gasteiger partial charge is 0.287 e. The Morgan fingerprint density at radius 2 is 2.17 bits per heavy atom. The number of aromatic nitrogens is 2. The van der Waals surface area contributed by atoms with Crippen LogP contribution in [0.25, 0.3) is 0 Å². The monoisotopic (exact) mass is 357 g/mol. The van der Waals surface area contributed by atoms with Crippen LogP contribution in [0, 0.1) is 10.1 Å². The Morgan fingerprint density at radius 3 is 2.91 bits per heavy atom. The summed E-state index contributed by atoms with van der Waals surface area (Å²) in [6.07, 6.45) is 1.24. The van der Waals surface area contributed by atoms with E-state index < -0.39 is 10.5 Å². The van der Waals surface area contributed by atoms with Crippen molar-refractivity contribution in [2.24, 2.45) is 0 Å². The predicted molar refractivity (Wildman–Crippen MR) is 81.0 cm³/mol. The average molecular weight is 358 g/mol. The molecule has 0 aliphatic carbocycles. The normalized spacial score (nSPS) is 13.3. The summed E-state index contributed by atoms with van der Waals surface area (Å²) in [6.45, 7) is 0.176. The van der Waals surface area contributed by atoms with Crippen LogP contribution >= 0.6 is 23.2 Å². The molecule has 2 heterocycles. The van der Waals surface area contributed by atoms with Crippen molar-refractivity contribution in [3.8, 4) is 5.75 Å². The fraction of sp³-hybridized carbons (Fsp3) is 0.231. The van der Waals surface area contributed by atoms with Crippen molar-refractivity contribution in [3.63, 3.8) is 0 Å². The largest absolute Gasteiger partial charge is 0.467 e. The van der Waals surface area contributed by atoms with Crippen molar-refractivity contribution in [2.45, 2.75) is 13.2 Å². The number of hydrogen-bond acceptors (Lipinski definition) is 6. The van der Waals surface area contributed by atoms with Gasteiger partial charge in [-0.2, -0.15) is 5.10 Å². The molecule has 1 aromatic carbocycles. The first kappa shape index (κ1) is 15.7. The van der Waals surface area contributed by atoms with E-state index >= 15 is 0 Å². The first-order valence-corrected chi connectivity index (χ1v) is 7.15. The molecule has 10 heteroatoms. The molecule has 0 saturated carbocycles. The van der Waals surface area contributed by atoms with Gasteiger partial charge in [0.25, 0.3) is 11.2 Å². The third kappa shape index (κ3) is 3.00. The molecule has 0 N–H and O–H groups in total. The van der Waals surface area contributed by atoms with Gasteiger partial charge in [-0.15, -0.1) is 0 Å². The van der Waals surface area contributed by atoms with Gasteiger partial charge < -0.3 is 9.47 Å². The molecule has 0 fully saturated rings. The van der Waals surface area contributed by atoms with Gasteiger partial charge in [-0.25, -0.2) is 4.68 Å². The maximum absolute atomic E-state index is 12.1. The third-order valence-electron chi connectivity index (χ3n) is 3.24. The van der Waals surface area contributed by atoms with Crippen LogP contribution < -0.4 is 10.3 Å². The molecule has 0 spiro atoms. The number of rotatable bonds is 3. The van der Waals surface area contributed by atoms with Crippen LogP contribution in [-0.4, -0.2) is 21.5 Å². The summed E-state index contributed by atoms with van der Waals surface area (Å²) in [6, 6.07) is 2.71. The van der Waals surface area contributed by atoms with E-state index in [4.69, 9.17) is 32.7 Å². The second-order valence-corrected chi connectivity index (χ2v) is 5.52. The molecular weight excluding hydrogens is 349 g/mol. The van der Waals surface area contributed by atoms with E-state index in [1.54, 1.807) is 0 Å². The summed E-state index contributed by atoms with van der Waals surface area (Å²) in [4.78, 5) is 22.6. The van der Waals surface area contributed by atoms with Gasteiger partial charge in [-0.3, -0.25) is 14.9 Å². The van der Waals surface area contributed by atoms with Crippen molar-refractivity contribution in [1.82, 2.24) is 9.78 Å². The van der Waals surface area contributed by atoms with Crippen molar-refractivity contribution < 1.29 is 14.4 Å². The zero-order valence-electron chi connectivity index (χ0n) is 11.5. The third-order valence-corrected chi connectivity index (χ3v) is 3.99. The molecule has 120 valence electrons. The minimum atomic E-state index is -0.591. The molecule has 0 saturated heterocycles. The van der Waals surface area contributed by atoms with E-state index in [9.17, 15) is 14.9 Å². The molecule has 8 nitrogen and oxygen atoms in total. The number of nitro benzene ring substituents is 1. The van der Waals surface area contributed by atoms with Crippen molar-refractivity contribution >= 4 is 28.9 Å². The number of halogens is 2. The van der Waals surface area contributed by atoms with Gasteiger partial charge in [-0.1, -0.05) is 23.2 Å². The van der Waals surface area contributed by atoms with E-state index in [-0.39, 0.29) is 35.7 Å².